The molecule has 2 rings (SSSR count). The standard InChI is InChI=1S/C18H23NO2/c1-4-19-17(15-11-8-12-16(13-15)20-2)18(21-3)14-9-6-5-7-10-14/h5-13,17-19H,4H2,1-3H3. The van der Waals surface area contributed by atoms with Gasteiger partial charge < -0.3 is 14.8 Å². The average molecular weight is 285 g/mol. The molecule has 0 saturated heterocycles. The second-order valence-electron chi connectivity index (χ2n) is 4.88. The molecule has 0 saturated carbocycles. The predicted molar refractivity (Wildman–Crippen MR) is 85.6 cm³/mol. The zero-order chi connectivity index (χ0) is 15.1. The zero-order valence-corrected chi connectivity index (χ0v) is 12.9. The van der Waals surface area contributed by atoms with Crippen molar-refractivity contribution in [3.8, 4) is 5.75 Å². The molecule has 112 valence electrons. The van der Waals surface area contributed by atoms with Gasteiger partial charge in [-0.3, -0.25) is 0 Å². The van der Waals surface area contributed by atoms with Crippen LogP contribution in [0.1, 0.15) is 30.2 Å². The summed E-state index contributed by atoms with van der Waals surface area (Å²) < 4.78 is 11.1. The first-order valence-corrected chi connectivity index (χ1v) is 7.25. The smallest absolute Gasteiger partial charge is 0.119 e. The van der Waals surface area contributed by atoms with Gasteiger partial charge in [-0.25, -0.2) is 0 Å². The molecule has 0 radical (unpaired) electrons. The molecule has 0 fully saturated rings. The summed E-state index contributed by atoms with van der Waals surface area (Å²) in [7, 11) is 3.44. The number of hydrogen-bond acceptors (Lipinski definition) is 3. The Morgan fingerprint density at radius 2 is 1.67 bits per heavy atom. The normalized spacial score (nSPS) is 13.7. The van der Waals surface area contributed by atoms with Crippen molar-refractivity contribution in [2.45, 2.75) is 19.1 Å². The summed E-state index contributed by atoms with van der Waals surface area (Å²) in [5.74, 6) is 0.860. The van der Waals surface area contributed by atoms with Crippen LogP contribution < -0.4 is 10.1 Å². The Balaban J connectivity index is 2.36. The summed E-state index contributed by atoms with van der Waals surface area (Å²) in [5, 5.41) is 3.52. The van der Waals surface area contributed by atoms with E-state index < -0.39 is 0 Å². The minimum atomic E-state index is -0.0433. The lowest BCUT2D eigenvalue weighted by atomic mass is 9.95. The Kier molecular flexibility index (Phi) is 5.78. The molecular weight excluding hydrogens is 262 g/mol. The van der Waals surface area contributed by atoms with E-state index in [4.69, 9.17) is 9.47 Å². The van der Waals surface area contributed by atoms with Crippen LogP contribution in [0.5, 0.6) is 5.75 Å². The van der Waals surface area contributed by atoms with Crippen LogP contribution in [0.2, 0.25) is 0 Å². The summed E-state index contributed by atoms with van der Waals surface area (Å²) in [6.07, 6.45) is -0.0433. The molecule has 0 aromatic heterocycles. The molecule has 0 bridgehead atoms. The summed E-state index contributed by atoms with van der Waals surface area (Å²) in [4.78, 5) is 0. The van der Waals surface area contributed by atoms with E-state index in [1.54, 1.807) is 14.2 Å². The maximum absolute atomic E-state index is 5.78. The maximum Gasteiger partial charge on any atom is 0.119 e. The molecule has 2 unspecified atom stereocenters. The van der Waals surface area contributed by atoms with Crippen LogP contribution in [0.3, 0.4) is 0 Å². The van der Waals surface area contributed by atoms with Crippen molar-refractivity contribution in [3.63, 3.8) is 0 Å². The van der Waals surface area contributed by atoms with Gasteiger partial charge in [0.25, 0.3) is 0 Å². The van der Waals surface area contributed by atoms with Crippen LogP contribution in [0.15, 0.2) is 54.6 Å². The molecule has 3 heteroatoms. The summed E-state index contributed by atoms with van der Waals surface area (Å²) >= 11 is 0. The van der Waals surface area contributed by atoms with Crippen molar-refractivity contribution in [1.29, 1.82) is 0 Å². The number of hydrogen-bond donors (Lipinski definition) is 1. The first-order chi connectivity index (χ1) is 10.3. The number of ether oxygens (including phenoxy) is 2. The van der Waals surface area contributed by atoms with E-state index in [9.17, 15) is 0 Å². The zero-order valence-electron chi connectivity index (χ0n) is 12.9. The van der Waals surface area contributed by atoms with Gasteiger partial charge in [0.1, 0.15) is 11.9 Å². The van der Waals surface area contributed by atoms with E-state index in [2.05, 4.69) is 36.5 Å². The van der Waals surface area contributed by atoms with Gasteiger partial charge in [0.15, 0.2) is 0 Å². The SMILES string of the molecule is CCNC(c1cccc(OC)c1)C(OC)c1ccccc1. The van der Waals surface area contributed by atoms with Crippen molar-refractivity contribution in [2.75, 3.05) is 20.8 Å². The minimum Gasteiger partial charge on any atom is -0.497 e. The third-order valence-electron chi connectivity index (χ3n) is 3.56. The summed E-state index contributed by atoms with van der Waals surface area (Å²) in [5.41, 5.74) is 2.32. The molecule has 21 heavy (non-hydrogen) atoms. The molecule has 0 spiro atoms. The third-order valence-corrected chi connectivity index (χ3v) is 3.56. The molecule has 0 aliphatic carbocycles. The van der Waals surface area contributed by atoms with Crippen LogP contribution in [0, 0.1) is 0 Å². The molecule has 0 amide bonds. The fraction of sp³-hybridized carbons (Fsp3) is 0.333. The molecule has 0 aliphatic rings. The maximum atomic E-state index is 5.78. The molecule has 0 aliphatic heterocycles. The van der Waals surface area contributed by atoms with Crippen molar-refractivity contribution in [2.24, 2.45) is 0 Å². The van der Waals surface area contributed by atoms with E-state index in [-0.39, 0.29) is 12.1 Å². The largest absolute Gasteiger partial charge is 0.497 e. The molecule has 3 nitrogen and oxygen atoms in total. The first-order valence-electron chi connectivity index (χ1n) is 7.25. The molecule has 2 aromatic carbocycles. The van der Waals surface area contributed by atoms with E-state index in [0.29, 0.717) is 0 Å². The van der Waals surface area contributed by atoms with Crippen molar-refractivity contribution >= 4 is 0 Å². The predicted octanol–water partition coefficient (Wildman–Crippen LogP) is 3.73. The number of benzene rings is 2. The number of nitrogens with one attached hydrogen (secondary N) is 1. The van der Waals surface area contributed by atoms with Crippen LogP contribution in [0.4, 0.5) is 0 Å². The number of likely N-dealkylation sites (N-methyl/N-ethyl adjacent to an activating group) is 1. The van der Waals surface area contributed by atoms with Gasteiger partial charge in [0.05, 0.1) is 13.2 Å². The number of rotatable bonds is 7. The van der Waals surface area contributed by atoms with Gasteiger partial charge >= 0.3 is 0 Å². The van der Waals surface area contributed by atoms with Gasteiger partial charge in [-0.1, -0.05) is 49.4 Å². The van der Waals surface area contributed by atoms with Crippen LogP contribution in [-0.2, 0) is 4.74 Å². The lowest BCUT2D eigenvalue weighted by Crippen LogP contribution is -2.28. The van der Waals surface area contributed by atoms with Crippen molar-refractivity contribution < 1.29 is 9.47 Å². The van der Waals surface area contributed by atoms with Gasteiger partial charge in [-0.2, -0.15) is 0 Å². The van der Waals surface area contributed by atoms with E-state index in [1.165, 1.54) is 0 Å². The van der Waals surface area contributed by atoms with Gasteiger partial charge in [-0.05, 0) is 29.8 Å². The van der Waals surface area contributed by atoms with Gasteiger partial charge in [-0.15, -0.1) is 0 Å². The second-order valence-corrected chi connectivity index (χ2v) is 4.88. The first kappa shape index (κ1) is 15.5. The fourth-order valence-corrected chi connectivity index (χ4v) is 2.56. The van der Waals surface area contributed by atoms with Crippen molar-refractivity contribution in [1.82, 2.24) is 5.32 Å². The van der Waals surface area contributed by atoms with Crippen LogP contribution in [-0.4, -0.2) is 20.8 Å². The van der Waals surface area contributed by atoms with E-state index in [1.807, 2.05) is 30.3 Å². The Labute approximate surface area is 126 Å². The lowest BCUT2D eigenvalue weighted by Gasteiger charge is -2.28. The highest BCUT2D eigenvalue weighted by Crippen LogP contribution is 2.32. The molecule has 2 atom stereocenters. The highest BCUT2D eigenvalue weighted by atomic mass is 16.5. The molecule has 1 N–H and O–H groups in total. The average Bonchev–Trinajstić information content (AvgIpc) is 2.56. The minimum absolute atomic E-state index is 0.0433. The summed E-state index contributed by atoms with van der Waals surface area (Å²) in [6, 6.07) is 18.5. The summed E-state index contributed by atoms with van der Waals surface area (Å²) in [6.45, 7) is 2.97. The topological polar surface area (TPSA) is 30.5 Å². The Morgan fingerprint density at radius 3 is 2.29 bits per heavy atom. The lowest BCUT2D eigenvalue weighted by molar-refractivity contribution is 0.0681. The quantitative estimate of drug-likeness (QED) is 0.840. The van der Waals surface area contributed by atoms with Crippen molar-refractivity contribution in [3.05, 3.63) is 65.7 Å². The highest BCUT2D eigenvalue weighted by Gasteiger charge is 2.24. The Morgan fingerprint density at radius 1 is 0.952 bits per heavy atom. The Bertz CT molecular complexity index is 542. The highest BCUT2D eigenvalue weighted by molar-refractivity contribution is 5.33. The third kappa shape index (κ3) is 3.84. The van der Waals surface area contributed by atoms with E-state index >= 15 is 0 Å². The van der Waals surface area contributed by atoms with Gasteiger partial charge in [0.2, 0.25) is 0 Å². The molecule has 0 heterocycles. The second kappa shape index (κ2) is 7.81. The molecular formula is C18H23NO2. The van der Waals surface area contributed by atoms with Crippen LogP contribution in [0.25, 0.3) is 0 Å². The fourth-order valence-electron chi connectivity index (χ4n) is 2.56. The van der Waals surface area contributed by atoms with E-state index in [0.717, 1.165) is 23.4 Å². The number of methoxy groups -OCH3 is 2. The van der Waals surface area contributed by atoms with Gasteiger partial charge in [0, 0.05) is 7.11 Å². The molecule has 2 aromatic rings. The Hall–Kier alpha value is -1.84. The van der Waals surface area contributed by atoms with Crippen LogP contribution >= 0.6 is 0 Å². The monoisotopic (exact) mass is 285 g/mol.